The Kier molecular flexibility index (Phi) is 6.91. The summed E-state index contributed by atoms with van der Waals surface area (Å²) in [6.45, 7) is 3.99. The van der Waals surface area contributed by atoms with Crippen LogP contribution in [0.3, 0.4) is 0 Å². The topological polar surface area (TPSA) is 87.3 Å². The van der Waals surface area contributed by atoms with Gasteiger partial charge in [0.1, 0.15) is 0 Å². The van der Waals surface area contributed by atoms with Gasteiger partial charge in [0.15, 0.2) is 0 Å². The van der Waals surface area contributed by atoms with Gasteiger partial charge >= 0.3 is 0 Å². The predicted octanol–water partition coefficient (Wildman–Crippen LogP) is 2.18. The Morgan fingerprint density at radius 3 is 2.31 bits per heavy atom. The van der Waals surface area contributed by atoms with Gasteiger partial charge < -0.3 is 16.0 Å². The normalized spacial score (nSPS) is 10.1. The first-order chi connectivity index (χ1) is 12.5. The van der Waals surface area contributed by atoms with Crippen molar-refractivity contribution < 1.29 is 14.4 Å². The fourth-order valence-electron chi connectivity index (χ4n) is 2.33. The molecule has 2 rings (SSSR count). The Morgan fingerprint density at radius 1 is 0.846 bits per heavy atom. The first-order valence-corrected chi connectivity index (χ1v) is 8.43. The molecule has 0 aromatic heterocycles. The predicted molar refractivity (Wildman–Crippen MR) is 101 cm³/mol. The van der Waals surface area contributed by atoms with Crippen LogP contribution < -0.4 is 16.0 Å². The molecule has 0 bridgehead atoms. The molecular weight excluding hydrogens is 330 g/mol. The number of nitrogens with one attached hydrogen (secondary N) is 3. The maximum atomic E-state index is 12.0. The lowest BCUT2D eigenvalue weighted by atomic mass is 10.1. The van der Waals surface area contributed by atoms with E-state index in [1.807, 2.05) is 38.1 Å². The van der Waals surface area contributed by atoms with Gasteiger partial charge in [0, 0.05) is 24.2 Å². The average molecular weight is 353 g/mol. The average Bonchev–Trinajstić information content (AvgIpc) is 2.64. The fourth-order valence-corrected chi connectivity index (χ4v) is 2.33. The first-order valence-electron chi connectivity index (χ1n) is 8.43. The summed E-state index contributed by atoms with van der Waals surface area (Å²) >= 11 is 0. The number of carbonyl (C=O) groups excluding carboxylic acids is 3. The summed E-state index contributed by atoms with van der Waals surface area (Å²) in [6.07, 6.45) is 0.106. The molecule has 2 aromatic carbocycles. The summed E-state index contributed by atoms with van der Waals surface area (Å²) in [4.78, 5) is 35.6. The first kappa shape index (κ1) is 19.2. The molecule has 0 aliphatic heterocycles. The van der Waals surface area contributed by atoms with E-state index < -0.39 is 0 Å². The number of aryl methyl sites for hydroxylation is 1. The van der Waals surface area contributed by atoms with E-state index >= 15 is 0 Å². The maximum absolute atomic E-state index is 12.0. The van der Waals surface area contributed by atoms with Gasteiger partial charge in [-0.05, 0) is 43.2 Å². The smallest absolute Gasteiger partial charge is 0.251 e. The Balaban J connectivity index is 1.69. The van der Waals surface area contributed by atoms with Crippen molar-refractivity contribution in [3.05, 3.63) is 65.2 Å². The number of rotatable bonds is 7. The molecule has 0 saturated heterocycles. The van der Waals surface area contributed by atoms with E-state index in [-0.39, 0.29) is 37.2 Å². The molecule has 6 heteroatoms. The Hall–Kier alpha value is -3.15. The minimum atomic E-state index is -0.297. The molecule has 6 nitrogen and oxygen atoms in total. The van der Waals surface area contributed by atoms with Crippen LogP contribution in [0.15, 0.2) is 48.5 Å². The number of anilines is 1. The van der Waals surface area contributed by atoms with E-state index in [9.17, 15) is 14.4 Å². The minimum Gasteiger partial charge on any atom is -0.352 e. The molecule has 0 fully saturated rings. The molecule has 0 atom stereocenters. The third-order valence-corrected chi connectivity index (χ3v) is 4.00. The molecule has 26 heavy (non-hydrogen) atoms. The van der Waals surface area contributed by atoms with Crippen molar-refractivity contribution >= 4 is 23.4 Å². The summed E-state index contributed by atoms with van der Waals surface area (Å²) in [5.74, 6) is -0.819. The minimum absolute atomic E-state index is 0.106. The van der Waals surface area contributed by atoms with E-state index in [1.165, 1.54) is 0 Å². The van der Waals surface area contributed by atoms with Gasteiger partial charge in [-0.1, -0.05) is 30.3 Å². The molecule has 136 valence electrons. The van der Waals surface area contributed by atoms with Crippen LogP contribution in [0.25, 0.3) is 0 Å². The van der Waals surface area contributed by atoms with Gasteiger partial charge in [-0.15, -0.1) is 0 Å². The summed E-state index contributed by atoms with van der Waals surface area (Å²) in [5.41, 5.74) is 3.36. The van der Waals surface area contributed by atoms with Crippen molar-refractivity contribution in [1.29, 1.82) is 0 Å². The number of benzene rings is 2. The van der Waals surface area contributed by atoms with Gasteiger partial charge in [-0.25, -0.2) is 0 Å². The molecule has 3 amide bonds. The zero-order valence-corrected chi connectivity index (χ0v) is 15.0. The van der Waals surface area contributed by atoms with E-state index in [2.05, 4.69) is 16.0 Å². The molecule has 2 aromatic rings. The summed E-state index contributed by atoms with van der Waals surface area (Å²) in [6, 6.07) is 14.4. The third kappa shape index (κ3) is 5.73. The van der Waals surface area contributed by atoms with Gasteiger partial charge in [-0.2, -0.15) is 0 Å². The molecule has 0 saturated carbocycles. The second-order valence-electron chi connectivity index (χ2n) is 5.94. The van der Waals surface area contributed by atoms with Crippen LogP contribution in [0, 0.1) is 13.8 Å². The van der Waals surface area contributed by atoms with Gasteiger partial charge in [-0.3, -0.25) is 14.4 Å². The zero-order chi connectivity index (χ0) is 18.9. The number of amides is 3. The van der Waals surface area contributed by atoms with Crippen molar-refractivity contribution in [3.63, 3.8) is 0 Å². The van der Waals surface area contributed by atoms with Crippen LogP contribution in [-0.4, -0.2) is 30.8 Å². The monoisotopic (exact) mass is 353 g/mol. The van der Waals surface area contributed by atoms with Crippen LogP contribution in [0.2, 0.25) is 0 Å². The van der Waals surface area contributed by atoms with Crippen LogP contribution in [-0.2, 0) is 9.59 Å². The quantitative estimate of drug-likeness (QED) is 0.713. The Morgan fingerprint density at radius 2 is 1.58 bits per heavy atom. The summed E-state index contributed by atoms with van der Waals surface area (Å²) in [7, 11) is 0. The second kappa shape index (κ2) is 9.36. The zero-order valence-electron chi connectivity index (χ0n) is 15.0. The molecule has 0 radical (unpaired) electrons. The third-order valence-electron chi connectivity index (χ3n) is 4.00. The van der Waals surface area contributed by atoms with Crippen LogP contribution in [0.5, 0.6) is 0 Å². The standard InChI is InChI=1S/C20H23N3O3/c1-14-7-6-10-17(15(14)2)23-19(25)13-22-18(24)11-12-21-20(26)16-8-4-3-5-9-16/h3-10H,11-13H2,1-2H3,(H,21,26)(H,22,24)(H,23,25). The Bertz CT molecular complexity index is 788. The van der Waals surface area contributed by atoms with Crippen LogP contribution in [0.4, 0.5) is 5.69 Å². The molecule has 0 unspecified atom stereocenters. The fraction of sp³-hybridized carbons (Fsp3) is 0.250. The van der Waals surface area contributed by atoms with Crippen molar-refractivity contribution in [1.82, 2.24) is 10.6 Å². The Labute approximate surface area is 153 Å². The second-order valence-corrected chi connectivity index (χ2v) is 5.94. The lowest BCUT2D eigenvalue weighted by Gasteiger charge is -2.11. The maximum Gasteiger partial charge on any atom is 0.251 e. The van der Waals surface area contributed by atoms with Gasteiger partial charge in [0.25, 0.3) is 5.91 Å². The van der Waals surface area contributed by atoms with Crippen LogP contribution >= 0.6 is 0 Å². The highest BCUT2D eigenvalue weighted by Crippen LogP contribution is 2.17. The molecule has 0 aliphatic rings. The molecule has 3 N–H and O–H groups in total. The number of hydrogen-bond donors (Lipinski definition) is 3. The van der Waals surface area contributed by atoms with Crippen LogP contribution in [0.1, 0.15) is 27.9 Å². The van der Waals surface area contributed by atoms with E-state index in [4.69, 9.17) is 0 Å². The highest BCUT2D eigenvalue weighted by molar-refractivity contribution is 5.96. The van der Waals surface area contributed by atoms with E-state index in [0.29, 0.717) is 5.56 Å². The van der Waals surface area contributed by atoms with E-state index in [0.717, 1.165) is 16.8 Å². The lowest BCUT2D eigenvalue weighted by molar-refractivity contribution is -0.124. The molecular formula is C20H23N3O3. The highest BCUT2D eigenvalue weighted by atomic mass is 16.2. The summed E-state index contributed by atoms with van der Waals surface area (Å²) in [5, 5.41) is 8.00. The summed E-state index contributed by atoms with van der Waals surface area (Å²) < 4.78 is 0. The number of carbonyl (C=O) groups is 3. The van der Waals surface area contributed by atoms with Gasteiger partial charge in [0.05, 0.1) is 6.54 Å². The molecule has 0 spiro atoms. The van der Waals surface area contributed by atoms with Crippen molar-refractivity contribution in [3.8, 4) is 0 Å². The number of hydrogen-bond acceptors (Lipinski definition) is 3. The molecule has 0 heterocycles. The van der Waals surface area contributed by atoms with Gasteiger partial charge in [0.2, 0.25) is 11.8 Å². The van der Waals surface area contributed by atoms with Crippen molar-refractivity contribution in [2.45, 2.75) is 20.3 Å². The lowest BCUT2D eigenvalue weighted by Crippen LogP contribution is -2.35. The van der Waals surface area contributed by atoms with Crippen molar-refractivity contribution in [2.75, 3.05) is 18.4 Å². The highest BCUT2D eigenvalue weighted by Gasteiger charge is 2.09. The largest absolute Gasteiger partial charge is 0.352 e. The SMILES string of the molecule is Cc1cccc(NC(=O)CNC(=O)CCNC(=O)c2ccccc2)c1C. The van der Waals surface area contributed by atoms with Crippen molar-refractivity contribution in [2.24, 2.45) is 0 Å². The van der Waals surface area contributed by atoms with E-state index in [1.54, 1.807) is 24.3 Å². The molecule has 0 aliphatic carbocycles.